The van der Waals surface area contributed by atoms with E-state index in [1.807, 2.05) is 0 Å². The molecule has 0 saturated heterocycles. The highest BCUT2D eigenvalue weighted by Crippen LogP contribution is 2.32. The number of fused-ring (bicyclic) bond motifs is 2. The van der Waals surface area contributed by atoms with Crippen molar-refractivity contribution in [3.05, 3.63) is 129 Å². The molecule has 230 valence electrons. The first-order valence-corrected chi connectivity index (χ1v) is 15.8. The van der Waals surface area contributed by atoms with Crippen LogP contribution in [0.1, 0.15) is 44.5 Å². The summed E-state index contributed by atoms with van der Waals surface area (Å²) in [4.78, 5) is 0. The van der Waals surface area contributed by atoms with E-state index in [2.05, 4.69) is 84.9 Å². The first-order chi connectivity index (χ1) is 21.8. The van der Waals surface area contributed by atoms with Crippen molar-refractivity contribution in [3.8, 4) is 11.5 Å². The highest BCUT2D eigenvalue weighted by atomic mass is 16.6. The van der Waals surface area contributed by atoms with Crippen LogP contribution in [0.4, 0.5) is 0 Å². The summed E-state index contributed by atoms with van der Waals surface area (Å²) in [7, 11) is 0. The zero-order valence-corrected chi connectivity index (χ0v) is 25.4. The SMILES string of the molecule is c1cc2cc(c1)Cc1cccc3c1OCCOCCOCCOCCOCCOc1c(cccc1Cc1cccc(c1)C3)C2. The first-order valence-electron chi connectivity index (χ1n) is 15.8. The summed E-state index contributed by atoms with van der Waals surface area (Å²) < 4.78 is 35.9. The predicted octanol–water partition coefficient (Wildman–Crippen LogP) is 6.20. The Hall–Kier alpha value is -3.68. The van der Waals surface area contributed by atoms with Crippen LogP contribution in [-0.2, 0) is 44.6 Å². The lowest BCUT2D eigenvalue weighted by atomic mass is 9.92. The molecule has 0 radical (unpaired) electrons. The van der Waals surface area contributed by atoms with E-state index in [0.29, 0.717) is 66.1 Å². The molecule has 0 amide bonds. The molecule has 4 aromatic rings. The number of para-hydroxylation sites is 2. The topological polar surface area (TPSA) is 55.4 Å². The zero-order chi connectivity index (χ0) is 29.8. The lowest BCUT2D eigenvalue weighted by Crippen LogP contribution is -2.15. The highest BCUT2D eigenvalue weighted by molar-refractivity contribution is 5.50. The molecule has 2 aliphatic rings. The molecule has 0 N–H and O–H groups in total. The average Bonchev–Trinajstić information content (AvgIpc) is 3.02. The summed E-state index contributed by atoms with van der Waals surface area (Å²) in [6.45, 7) is 5.09. The van der Waals surface area contributed by atoms with Gasteiger partial charge in [-0.25, -0.2) is 0 Å². The van der Waals surface area contributed by atoms with Gasteiger partial charge < -0.3 is 28.4 Å². The van der Waals surface area contributed by atoms with E-state index in [1.54, 1.807) is 0 Å². The molecule has 6 nitrogen and oxygen atoms in total. The summed E-state index contributed by atoms with van der Waals surface area (Å²) in [5.41, 5.74) is 9.76. The van der Waals surface area contributed by atoms with Gasteiger partial charge in [-0.3, -0.25) is 0 Å². The summed E-state index contributed by atoms with van der Waals surface area (Å²) in [5.74, 6) is 1.92. The summed E-state index contributed by atoms with van der Waals surface area (Å²) in [6.07, 6.45) is 3.15. The maximum Gasteiger partial charge on any atom is 0.126 e. The molecule has 0 unspecified atom stereocenters. The fourth-order valence-electron chi connectivity index (χ4n) is 5.95. The fourth-order valence-corrected chi connectivity index (χ4v) is 5.95. The molecule has 1 aliphatic carbocycles. The van der Waals surface area contributed by atoms with Crippen LogP contribution in [0.3, 0.4) is 0 Å². The van der Waals surface area contributed by atoms with E-state index < -0.39 is 0 Å². The van der Waals surface area contributed by atoms with Crippen LogP contribution < -0.4 is 9.47 Å². The van der Waals surface area contributed by atoms with Crippen molar-refractivity contribution in [2.24, 2.45) is 0 Å². The molecule has 4 aromatic carbocycles. The van der Waals surface area contributed by atoms with Gasteiger partial charge in [-0.15, -0.1) is 0 Å². The first kappa shape index (κ1) is 30.4. The third-order valence-electron chi connectivity index (χ3n) is 7.98. The van der Waals surface area contributed by atoms with Crippen LogP contribution >= 0.6 is 0 Å². The van der Waals surface area contributed by atoms with Crippen molar-refractivity contribution in [1.29, 1.82) is 0 Å². The molecule has 0 aromatic heterocycles. The van der Waals surface area contributed by atoms with Crippen LogP contribution in [0.15, 0.2) is 84.9 Å². The van der Waals surface area contributed by atoms with Crippen LogP contribution in [0.5, 0.6) is 11.5 Å². The average molecular weight is 595 g/mol. The minimum atomic E-state index is 0.477. The van der Waals surface area contributed by atoms with E-state index in [1.165, 1.54) is 44.5 Å². The van der Waals surface area contributed by atoms with Crippen LogP contribution in [0.25, 0.3) is 0 Å². The normalized spacial score (nSPS) is 17.2. The lowest BCUT2D eigenvalue weighted by molar-refractivity contribution is -0.00706. The molecule has 44 heavy (non-hydrogen) atoms. The Balaban J connectivity index is 1.37. The molecule has 1 aliphatic heterocycles. The molecular weight excluding hydrogens is 552 g/mol. The van der Waals surface area contributed by atoms with Crippen molar-refractivity contribution in [2.45, 2.75) is 25.7 Å². The Morgan fingerprint density at radius 3 is 0.909 bits per heavy atom. The number of ether oxygens (including phenoxy) is 6. The van der Waals surface area contributed by atoms with Gasteiger partial charge in [-0.2, -0.15) is 0 Å². The molecule has 0 saturated carbocycles. The van der Waals surface area contributed by atoms with Crippen LogP contribution in [-0.4, -0.2) is 66.1 Å². The highest BCUT2D eigenvalue weighted by Gasteiger charge is 2.16. The Morgan fingerprint density at radius 2 is 0.591 bits per heavy atom. The second-order valence-corrected chi connectivity index (χ2v) is 11.3. The fraction of sp³-hybridized carbons (Fsp3) is 0.368. The molecular formula is C38H42O6. The van der Waals surface area contributed by atoms with Gasteiger partial charge in [-0.1, -0.05) is 84.9 Å². The van der Waals surface area contributed by atoms with Gasteiger partial charge in [0.05, 0.1) is 52.9 Å². The van der Waals surface area contributed by atoms with E-state index in [9.17, 15) is 0 Å². The van der Waals surface area contributed by atoms with Crippen LogP contribution in [0, 0.1) is 0 Å². The van der Waals surface area contributed by atoms with Crippen molar-refractivity contribution < 1.29 is 28.4 Å². The van der Waals surface area contributed by atoms with E-state index >= 15 is 0 Å². The number of benzene rings is 4. The summed E-state index contributed by atoms with van der Waals surface area (Å²) >= 11 is 0. The zero-order valence-electron chi connectivity index (χ0n) is 25.4. The van der Waals surface area contributed by atoms with E-state index in [4.69, 9.17) is 28.4 Å². The second-order valence-electron chi connectivity index (χ2n) is 11.3. The summed E-state index contributed by atoms with van der Waals surface area (Å²) in [6, 6.07) is 30.8. The van der Waals surface area contributed by atoms with Gasteiger partial charge in [0.1, 0.15) is 24.7 Å². The Bertz CT molecular complexity index is 1310. The molecule has 10 bridgehead atoms. The second kappa shape index (κ2) is 15.9. The van der Waals surface area contributed by atoms with Gasteiger partial charge in [0, 0.05) is 25.7 Å². The largest absolute Gasteiger partial charge is 0.491 e. The smallest absolute Gasteiger partial charge is 0.126 e. The van der Waals surface area contributed by atoms with Crippen molar-refractivity contribution >= 4 is 0 Å². The van der Waals surface area contributed by atoms with Gasteiger partial charge in [0.15, 0.2) is 0 Å². The minimum Gasteiger partial charge on any atom is -0.491 e. The molecule has 6 rings (SSSR count). The van der Waals surface area contributed by atoms with Gasteiger partial charge >= 0.3 is 0 Å². The summed E-state index contributed by atoms with van der Waals surface area (Å²) in [5, 5.41) is 0. The Kier molecular flexibility index (Phi) is 10.9. The van der Waals surface area contributed by atoms with E-state index in [-0.39, 0.29) is 0 Å². The van der Waals surface area contributed by atoms with Gasteiger partial charge in [0.25, 0.3) is 0 Å². The molecule has 0 fully saturated rings. The quantitative estimate of drug-likeness (QED) is 0.213. The number of hydrogen-bond donors (Lipinski definition) is 0. The predicted molar refractivity (Wildman–Crippen MR) is 171 cm³/mol. The minimum absolute atomic E-state index is 0.477. The van der Waals surface area contributed by atoms with E-state index in [0.717, 1.165) is 37.2 Å². The monoisotopic (exact) mass is 594 g/mol. The Morgan fingerprint density at radius 1 is 0.318 bits per heavy atom. The molecule has 1 heterocycles. The van der Waals surface area contributed by atoms with Crippen LogP contribution in [0.2, 0.25) is 0 Å². The maximum absolute atomic E-state index is 6.50. The van der Waals surface area contributed by atoms with Crippen molar-refractivity contribution in [1.82, 2.24) is 0 Å². The van der Waals surface area contributed by atoms with Crippen molar-refractivity contribution in [2.75, 3.05) is 66.1 Å². The number of rotatable bonds is 0. The standard InChI is InChI=1S/C38H42O6/c1-5-29-23-30(6-1)26-34-10-4-12-36-28-32-8-2-7-31(24-32)27-35-11-3-9-33(25-29)37(35)43-21-19-41-17-15-39-13-14-40-16-18-42-20-22-44-38(34)36/h1-12,23-24H,13-22,25-28H2. The molecule has 6 heteroatoms. The Labute approximate surface area is 260 Å². The molecule has 0 atom stereocenters. The van der Waals surface area contributed by atoms with Gasteiger partial charge in [0.2, 0.25) is 0 Å². The van der Waals surface area contributed by atoms with Gasteiger partial charge in [-0.05, 0) is 44.5 Å². The number of hydrogen-bond acceptors (Lipinski definition) is 6. The molecule has 0 spiro atoms. The van der Waals surface area contributed by atoms with Crippen molar-refractivity contribution in [3.63, 3.8) is 0 Å². The lowest BCUT2D eigenvalue weighted by Gasteiger charge is -2.19. The third kappa shape index (κ3) is 8.48. The third-order valence-corrected chi connectivity index (χ3v) is 7.98. The maximum atomic E-state index is 6.50.